The normalized spacial score (nSPS) is 28.1. The summed E-state index contributed by atoms with van der Waals surface area (Å²) in [6.45, 7) is 2.21. The molecule has 0 unspecified atom stereocenters. The van der Waals surface area contributed by atoms with Gasteiger partial charge in [-0.15, -0.1) is 0 Å². The third-order valence-electron chi connectivity index (χ3n) is 4.52. The Bertz CT molecular complexity index is 471. The van der Waals surface area contributed by atoms with Crippen LogP contribution < -0.4 is 4.74 Å². The first kappa shape index (κ1) is 13.5. The molecule has 2 aliphatic carbocycles. The van der Waals surface area contributed by atoms with Gasteiger partial charge in [0.1, 0.15) is 11.3 Å². The lowest BCUT2D eigenvalue weighted by atomic mass is 9.87. The molecule has 0 N–H and O–H groups in total. The smallest absolute Gasteiger partial charge is 0.341 e. The molecule has 1 aromatic carbocycles. The molecule has 3 rings (SSSR count). The minimum Gasteiger partial charge on any atom is -0.490 e. The van der Waals surface area contributed by atoms with Gasteiger partial charge in [-0.2, -0.15) is 0 Å². The fraction of sp³-hybridized carbons (Fsp3) is 0.588. The lowest BCUT2D eigenvalue weighted by Crippen LogP contribution is -2.26. The van der Waals surface area contributed by atoms with E-state index in [2.05, 4.69) is 0 Å². The summed E-state index contributed by atoms with van der Waals surface area (Å²) in [6.07, 6.45) is 6.60. The first-order chi connectivity index (χ1) is 9.76. The lowest BCUT2D eigenvalue weighted by Gasteiger charge is -2.28. The standard InChI is InChI=1S/C17H22O3/c1-2-19-17(18)15-5-3-4-6-16(15)20-14-10-12-7-8-13(9-12)11-14/h3-6,12-14H,2,7-11H2,1H3/t12-,13+,14-. The molecule has 3 heteroatoms. The lowest BCUT2D eigenvalue weighted by molar-refractivity contribution is 0.0513. The van der Waals surface area contributed by atoms with Gasteiger partial charge in [-0.1, -0.05) is 25.0 Å². The Hall–Kier alpha value is -1.51. The van der Waals surface area contributed by atoms with E-state index in [1.54, 1.807) is 6.07 Å². The molecule has 20 heavy (non-hydrogen) atoms. The second kappa shape index (κ2) is 5.86. The number of hydrogen-bond acceptors (Lipinski definition) is 3. The van der Waals surface area contributed by atoms with Crippen molar-refractivity contribution in [3.63, 3.8) is 0 Å². The van der Waals surface area contributed by atoms with E-state index in [0.29, 0.717) is 17.9 Å². The molecule has 0 spiro atoms. The van der Waals surface area contributed by atoms with Crippen molar-refractivity contribution < 1.29 is 14.3 Å². The van der Waals surface area contributed by atoms with Crippen molar-refractivity contribution in [1.82, 2.24) is 0 Å². The van der Waals surface area contributed by atoms with Gasteiger partial charge in [-0.3, -0.25) is 0 Å². The molecule has 0 heterocycles. The fourth-order valence-corrected chi connectivity index (χ4v) is 3.67. The molecule has 0 aromatic heterocycles. The molecule has 2 bridgehead atoms. The number of benzene rings is 1. The second-order valence-electron chi connectivity index (χ2n) is 5.97. The molecule has 3 atom stereocenters. The van der Waals surface area contributed by atoms with Crippen LogP contribution in [0, 0.1) is 11.8 Å². The van der Waals surface area contributed by atoms with Crippen molar-refractivity contribution in [3.05, 3.63) is 29.8 Å². The molecule has 1 aromatic rings. The molecule has 2 aliphatic rings. The van der Waals surface area contributed by atoms with E-state index in [1.165, 1.54) is 19.3 Å². The molecule has 3 nitrogen and oxygen atoms in total. The van der Waals surface area contributed by atoms with Crippen molar-refractivity contribution >= 4 is 5.97 Å². The molecular weight excluding hydrogens is 252 g/mol. The summed E-state index contributed by atoms with van der Waals surface area (Å²) in [5.74, 6) is 2.04. The molecule has 0 saturated heterocycles. The molecule has 0 aliphatic heterocycles. The molecule has 2 fully saturated rings. The van der Waals surface area contributed by atoms with Crippen molar-refractivity contribution in [2.45, 2.75) is 45.1 Å². The van der Waals surface area contributed by atoms with Gasteiger partial charge in [0.15, 0.2) is 0 Å². The van der Waals surface area contributed by atoms with E-state index in [9.17, 15) is 4.79 Å². The predicted octanol–water partition coefficient (Wildman–Crippen LogP) is 3.82. The average molecular weight is 274 g/mol. The monoisotopic (exact) mass is 274 g/mol. The number of rotatable bonds is 4. The van der Waals surface area contributed by atoms with Crippen molar-refractivity contribution in [1.29, 1.82) is 0 Å². The van der Waals surface area contributed by atoms with Crippen molar-refractivity contribution in [2.75, 3.05) is 6.61 Å². The highest BCUT2D eigenvalue weighted by atomic mass is 16.5. The number of para-hydroxylation sites is 1. The van der Waals surface area contributed by atoms with Crippen molar-refractivity contribution in [2.24, 2.45) is 11.8 Å². The number of hydrogen-bond donors (Lipinski definition) is 0. The average Bonchev–Trinajstić information content (AvgIpc) is 2.79. The third kappa shape index (κ3) is 2.82. The van der Waals surface area contributed by atoms with Gasteiger partial charge >= 0.3 is 5.97 Å². The SMILES string of the molecule is CCOC(=O)c1ccccc1O[C@@H]1C[C@@H]2CC[C@@H](C2)C1. The van der Waals surface area contributed by atoms with E-state index in [0.717, 1.165) is 24.7 Å². The zero-order valence-electron chi connectivity index (χ0n) is 12.0. The highest BCUT2D eigenvalue weighted by molar-refractivity contribution is 5.92. The fourth-order valence-electron chi connectivity index (χ4n) is 3.67. The van der Waals surface area contributed by atoms with E-state index in [-0.39, 0.29) is 12.1 Å². The number of esters is 1. The van der Waals surface area contributed by atoms with Crippen molar-refractivity contribution in [3.8, 4) is 5.75 Å². The van der Waals surface area contributed by atoms with Crippen LogP contribution in [0.15, 0.2) is 24.3 Å². The van der Waals surface area contributed by atoms with Gasteiger partial charge in [-0.25, -0.2) is 4.79 Å². The van der Waals surface area contributed by atoms with Gasteiger partial charge < -0.3 is 9.47 Å². The van der Waals surface area contributed by atoms with Crippen LogP contribution in [0.3, 0.4) is 0 Å². The highest BCUT2D eigenvalue weighted by Gasteiger charge is 2.35. The van der Waals surface area contributed by atoms with Crippen LogP contribution in [0.25, 0.3) is 0 Å². The van der Waals surface area contributed by atoms with Crippen LogP contribution in [0.1, 0.15) is 49.4 Å². The predicted molar refractivity (Wildman–Crippen MR) is 76.9 cm³/mol. The van der Waals surface area contributed by atoms with Gasteiger partial charge in [0.05, 0.1) is 12.7 Å². The first-order valence-electron chi connectivity index (χ1n) is 7.69. The summed E-state index contributed by atoms with van der Waals surface area (Å²) in [6, 6.07) is 7.42. The maximum absolute atomic E-state index is 11.9. The Morgan fingerprint density at radius 3 is 2.55 bits per heavy atom. The summed E-state index contributed by atoms with van der Waals surface area (Å²) in [5, 5.41) is 0. The summed E-state index contributed by atoms with van der Waals surface area (Å²) in [7, 11) is 0. The van der Waals surface area contributed by atoms with E-state index >= 15 is 0 Å². The van der Waals surface area contributed by atoms with Gasteiger partial charge in [-0.05, 0) is 50.2 Å². The highest BCUT2D eigenvalue weighted by Crippen LogP contribution is 2.43. The molecule has 0 radical (unpaired) electrons. The Morgan fingerprint density at radius 1 is 1.15 bits per heavy atom. The zero-order chi connectivity index (χ0) is 13.9. The summed E-state index contributed by atoms with van der Waals surface area (Å²) in [5.41, 5.74) is 0.548. The summed E-state index contributed by atoms with van der Waals surface area (Å²) < 4.78 is 11.2. The number of fused-ring (bicyclic) bond motifs is 2. The van der Waals surface area contributed by atoms with Crippen LogP contribution in [0.4, 0.5) is 0 Å². The maximum atomic E-state index is 11.9. The number of ether oxygens (including phenoxy) is 2. The van der Waals surface area contributed by atoms with Crippen LogP contribution in [-0.2, 0) is 4.74 Å². The Labute approximate surface area is 120 Å². The van der Waals surface area contributed by atoms with E-state index < -0.39 is 0 Å². The summed E-state index contributed by atoms with van der Waals surface area (Å²) in [4.78, 5) is 11.9. The van der Waals surface area contributed by atoms with Gasteiger partial charge in [0.25, 0.3) is 0 Å². The van der Waals surface area contributed by atoms with Gasteiger partial charge in [0.2, 0.25) is 0 Å². The van der Waals surface area contributed by atoms with Crippen LogP contribution >= 0.6 is 0 Å². The van der Waals surface area contributed by atoms with Crippen LogP contribution in [0.2, 0.25) is 0 Å². The number of carbonyl (C=O) groups excluding carboxylic acids is 1. The zero-order valence-corrected chi connectivity index (χ0v) is 12.0. The maximum Gasteiger partial charge on any atom is 0.341 e. The van der Waals surface area contributed by atoms with Crippen LogP contribution in [0.5, 0.6) is 5.75 Å². The minimum atomic E-state index is -0.290. The third-order valence-corrected chi connectivity index (χ3v) is 4.52. The Morgan fingerprint density at radius 2 is 1.85 bits per heavy atom. The quantitative estimate of drug-likeness (QED) is 0.783. The molecule has 2 saturated carbocycles. The van der Waals surface area contributed by atoms with E-state index in [1.807, 2.05) is 25.1 Å². The topological polar surface area (TPSA) is 35.5 Å². The molecule has 0 amide bonds. The van der Waals surface area contributed by atoms with E-state index in [4.69, 9.17) is 9.47 Å². The Balaban J connectivity index is 1.72. The largest absolute Gasteiger partial charge is 0.490 e. The Kier molecular flexibility index (Phi) is 3.95. The van der Waals surface area contributed by atoms with Gasteiger partial charge in [0, 0.05) is 0 Å². The molecular formula is C17H22O3. The van der Waals surface area contributed by atoms with Crippen LogP contribution in [-0.4, -0.2) is 18.7 Å². The second-order valence-corrected chi connectivity index (χ2v) is 5.97. The number of carbonyl (C=O) groups is 1. The first-order valence-corrected chi connectivity index (χ1v) is 7.69. The minimum absolute atomic E-state index is 0.261. The summed E-state index contributed by atoms with van der Waals surface area (Å²) >= 11 is 0. The molecule has 108 valence electrons.